The van der Waals surface area contributed by atoms with Crippen LogP contribution in [0.15, 0.2) is 75.0 Å². The molecule has 4 aromatic rings. The second-order valence-corrected chi connectivity index (χ2v) is 9.38. The fourth-order valence-electron chi connectivity index (χ4n) is 3.58. The highest BCUT2D eigenvalue weighted by Crippen LogP contribution is 2.31. The maximum Gasteiger partial charge on any atom is 0.252 e. The van der Waals surface area contributed by atoms with E-state index in [0.717, 1.165) is 0 Å². The Bertz CT molecular complexity index is 1440. The Morgan fingerprint density at radius 3 is 2.24 bits per heavy atom. The Kier molecular flexibility index (Phi) is 6.62. The standard InChI is InChI=1S/C24H24N2O7S/c1-30-18-6-8-20(9-7-18)34(28,29)26(15-19-5-4-10-33-19)14-17-11-16-12-22(31-2)23(32-3)13-21(16)25-24(17)27/h4-13H,14-15H2,1-3H3,(H,25,27). The maximum atomic E-state index is 13.5. The van der Waals surface area contributed by atoms with Crippen molar-refractivity contribution in [2.45, 2.75) is 18.0 Å². The average molecular weight is 485 g/mol. The Balaban J connectivity index is 1.76. The number of ether oxygens (including phenoxy) is 3. The number of benzene rings is 2. The van der Waals surface area contributed by atoms with Crippen LogP contribution in [0.2, 0.25) is 0 Å². The number of sulfonamides is 1. The Hall–Kier alpha value is -3.76. The minimum atomic E-state index is -3.97. The van der Waals surface area contributed by atoms with Gasteiger partial charge in [0.2, 0.25) is 10.0 Å². The number of hydrogen-bond donors (Lipinski definition) is 1. The first-order chi connectivity index (χ1) is 16.3. The molecule has 0 bridgehead atoms. The van der Waals surface area contributed by atoms with Crippen LogP contribution >= 0.6 is 0 Å². The van der Waals surface area contributed by atoms with Crippen LogP contribution in [0.5, 0.6) is 17.2 Å². The van der Waals surface area contributed by atoms with Crippen LogP contribution in [-0.2, 0) is 23.1 Å². The molecular formula is C24H24N2O7S. The van der Waals surface area contributed by atoms with Crippen LogP contribution in [0.25, 0.3) is 10.9 Å². The van der Waals surface area contributed by atoms with Crippen molar-refractivity contribution in [1.82, 2.24) is 9.29 Å². The lowest BCUT2D eigenvalue weighted by molar-refractivity contribution is 0.355. The first kappa shape index (κ1) is 23.4. The summed E-state index contributed by atoms with van der Waals surface area (Å²) >= 11 is 0. The summed E-state index contributed by atoms with van der Waals surface area (Å²) in [6.07, 6.45) is 1.47. The second kappa shape index (κ2) is 9.62. The molecule has 4 rings (SSSR count). The predicted octanol–water partition coefficient (Wildman–Crippen LogP) is 3.54. The summed E-state index contributed by atoms with van der Waals surface area (Å²) in [4.78, 5) is 15.8. The summed E-state index contributed by atoms with van der Waals surface area (Å²) in [7, 11) is 0.553. The number of nitrogens with zero attached hydrogens (tertiary/aromatic N) is 1. The van der Waals surface area contributed by atoms with Crippen molar-refractivity contribution in [2.24, 2.45) is 0 Å². The number of rotatable bonds is 9. The summed E-state index contributed by atoms with van der Waals surface area (Å²) in [5.41, 5.74) is 0.402. The highest BCUT2D eigenvalue weighted by molar-refractivity contribution is 7.89. The zero-order valence-corrected chi connectivity index (χ0v) is 19.7. The summed E-state index contributed by atoms with van der Waals surface area (Å²) in [5.74, 6) is 1.94. The fourth-order valence-corrected chi connectivity index (χ4v) is 4.97. The van der Waals surface area contributed by atoms with Crippen molar-refractivity contribution in [3.05, 3.63) is 82.5 Å². The molecule has 0 fully saturated rings. The molecule has 0 atom stereocenters. The third-order valence-electron chi connectivity index (χ3n) is 5.38. The van der Waals surface area contributed by atoms with Gasteiger partial charge in [-0.15, -0.1) is 0 Å². The lowest BCUT2D eigenvalue weighted by atomic mass is 10.1. The number of hydrogen-bond acceptors (Lipinski definition) is 7. The van der Waals surface area contributed by atoms with Gasteiger partial charge in [0.1, 0.15) is 11.5 Å². The lowest BCUT2D eigenvalue weighted by Crippen LogP contribution is -2.32. The number of H-pyrrole nitrogens is 1. The molecule has 0 unspecified atom stereocenters. The van der Waals surface area contributed by atoms with Crippen LogP contribution in [0.4, 0.5) is 0 Å². The molecule has 0 radical (unpaired) electrons. The molecular weight excluding hydrogens is 460 g/mol. The Morgan fingerprint density at radius 1 is 0.912 bits per heavy atom. The molecule has 2 aromatic heterocycles. The number of fused-ring (bicyclic) bond motifs is 1. The Labute approximate surface area is 196 Å². The molecule has 0 saturated heterocycles. The smallest absolute Gasteiger partial charge is 0.252 e. The second-order valence-electron chi connectivity index (χ2n) is 7.45. The highest BCUT2D eigenvalue weighted by Gasteiger charge is 2.27. The van der Waals surface area contributed by atoms with E-state index < -0.39 is 15.6 Å². The topological polar surface area (TPSA) is 111 Å². The molecule has 1 N–H and O–H groups in total. The zero-order chi connectivity index (χ0) is 24.3. The van der Waals surface area contributed by atoms with Crippen molar-refractivity contribution >= 4 is 20.9 Å². The van der Waals surface area contributed by atoms with Gasteiger partial charge in [-0.1, -0.05) is 0 Å². The number of aromatic nitrogens is 1. The normalized spacial score (nSPS) is 11.6. The van der Waals surface area contributed by atoms with Crippen LogP contribution in [0.3, 0.4) is 0 Å². The van der Waals surface area contributed by atoms with E-state index in [0.29, 0.717) is 33.9 Å². The maximum absolute atomic E-state index is 13.5. The van der Waals surface area contributed by atoms with E-state index >= 15 is 0 Å². The van der Waals surface area contributed by atoms with Gasteiger partial charge in [-0.2, -0.15) is 4.31 Å². The van der Waals surface area contributed by atoms with Crippen LogP contribution in [-0.4, -0.2) is 39.0 Å². The third-order valence-corrected chi connectivity index (χ3v) is 7.19. The lowest BCUT2D eigenvalue weighted by Gasteiger charge is -2.21. The van der Waals surface area contributed by atoms with E-state index in [2.05, 4.69) is 4.98 Å². The van der Waals surface area contributed by atoms with Gasteiger partial charge in [0, 0.05) is 23.6 Å². The number of nitrogens with one attached hydrogen (secondary N) is 1. The monoisotopic (exact) mass is 484 g/mol. The van der Waals surface area contributed by atoms with Gasteiger partial charge in [-0.25, -0.2) is 8.42 Å². The van der Waals surface area contributed by atoms with E-state index in [4.69, 9.17) is 18.6 Å². The third kappa shape index (κ3) is 4.63. The molecule has 9 nitrogen and oxygen atoms in total. The summed E-state index contributed by atoms with van der Waals surface area (Å²) < 4.78 is 49.4. The molecule has 2 heterocycles. The van der Waals surface area contributed by atoms with Crippen molar-refractivity contribution in [3.8, 4) is 17.2 Å². The molecule has 34 heavy (non-hydrogen) atoms. The van der Waals surface area contributed by atoms with Gasteiger partial charge in [-0.3, -0.25) is 4.79 Å². The molecule has 0 aliphatic heterocycles. The molecule has 10 heteroatoms. The van der Waals surface area contributed by atoms with E-state index in [-0.39, 0.29) is 23.5 Å². The van der Waals surface area contributed by atoms with Crippen LogP contribution < -0.4 is 19.8 Å². The predicted molar refractivity (Wildman–Crippen MR) is 126 cm³/mol. The Morgan fingerprint density at radius 2 is 1.62 bits per heavy atom. The largest absolute Gasteiger partial charge is 0.497 e. The van der Waals surface area contributed by atoms with Gasteiger partial charge in [-0.05, 0) is 48.5 Å². The first-order valence-electron chi connectivity index (χ1n) is 10.3. The number of methoxy groups -OCH3 is 3. The fraction of sp³-hybridized carbons (Fsp3) is 0.208. The first-order valence-corrected chi connectivity index (χ1v) is 11.7. The number of furan rings is 1. The number of pyridine rings is 1. The summed E-state index contributed by atoms with van der Waals surface area (Å²) in [5, 5.41) is 0.673. The van der Waals surface area contributed by atoms with Crippen molar-refractivity contribution in [1.29, 1.82) is 0 Å². The summed E-state index contributed by atoms with van der Waals surface area (Å²) in [6.45, 7) is -0.223. The quantitative estimate of drug-likeness (QED) is 0.387. The highest BCUT2D eigenvalue weighted by atomic mass is 32.2. The average Bonchev–Trinajstić information content (AvgIpc) is 3.36. The van der Waals surface area contributed by atoms with Crippen LogP contribution in [0.1, 0.15) is 11.3 Å². The molecule has 0 aliphatic carbocycles. The molecule has 0 aliphatic rings. The van der Waals surface area contributed by atoms with Gasteiger partial charge in [0.25, 0.3) is 5.56 Å². The molecule has 0 saturated carbocycles. The molecule has 178 valence electrons. The van der Waals surface area contributed by atoms with E-state index in [1.165, 1.54) is 44.0 Å². The number of aromatic amines is 1. The van der Waals surface area contributed by atoms with Gasteiger partial charge < -0.3 is 23.6 Å². The molecule has 0 spiro atoms. The molecule has 0 amide bonds. The SMILES string of the molecule is COc1ccc(S(=O)(=O)N(Cc2ccco2)Cc2cc3cc(OC)c(OC)cc3[nH]c2=O)cc1. The molecule has 2 aromatic carbocycles. The zero-order valence-electron chi connectivity index (χ0n) is 18.9. The van der Waals surface area contributed by atoms with E-state index in [9.17, 15) is 13.2 Å². The van der Waals surface area contributed by atoms with Gasteiger partial charge in [0.05, 0.1) is 44.5 Å². The van der Waals surface area contributed by atoms with E-state index in [1.54, 1.807) is 42.5 Å². The van der Waals surface area contributed by atoms with Crippen molar-refractivity contribution < 1.29 is 27.0 Å². The van der Waals surface area contributed by atoms with E-state index in [1.807, 2.05) is 0 Å². The van der Waals surface area contributed by atoms with Crippen LogP contribution in [0, 0.1) is 0 Å². The van der Waals surface area contributed by atoms with Crippen molar-refractivity contribution in [2.75, 3.05) is 21.3 Å². The van der Waals surface area contributed by atoms with Gasteiger partial charge >= 0.3 is 0 Å². The van der Waals surface area contributed by atoms with Gasteiger partial charge in [0.15, 0.2) is 11.5 Å². The minimum absolute atomic E-state index is 0.0508. The minimum Gasteiger partial charge on any atom is -0.497 e. The van der Waals surface area contributed by atoms with Crippen molar-refractivity contribution in [3.63, 3.8) is 0 Å². The summed E-state index contributed by atoms with van der Waals surface area (Å²) in [6, 6.07) is 14.5.